The zero-order chi connectivity index (χ0) is 15.2. The molecule has 0 spiro atoms. The molecule has 1 heterocycles. The zero-order valence-corrected chi connectivity index (χ0v) is 11.7. The van der Waals surface area contributed by atoms with Crippen molar-refractivity contribution in [1.82, 2.24) is 4.98 Å². The molecular weight excluding hydrogens is 290 g/mol. The van der Waals surface area contributed by atoms with E-state index in [9.17, 15) is 9.59 Å². The van der Waals surface area contributed by atoms with Crippen molar-refractivity contribution in [2.24, 2.45) is 5.73 Å². The van der Waals surface area contributed by atoms with Crippen molar-refractivity contribution in [3.05, 3.63) is 63.0 Å². The Kier molecular flexibility index (Phi) is 4.77. The van der Waals surface area contributed by atoms with Crippen LogP contribution in [-0.2, 0) is 0 Å². The van der Waals surface area contributed by atoms with Gasteiger partial charge in [-0.3, -0.25) is 9.59 Å². The number of carbonyl (C=O) groups is 1. The summed E-state index contributed by atoms with van der Waals surface area (Å²) in [6.07, 6.45) is 2.81. The first-order valence-electron chi connectivity index (χ1n) is 6.09. The van der Waals surface area contributed by atoms with Crippen LogP contribution in [0.5, 0.6) is 0 Å². The van der Waals surface area contributed by atoms with E-state index >= 15 is 0 Å². The molecule has 1 aromatic carbocycles. The summed E-state index contributed by atoms with van der Waals surface area (Å²) in [5.41, 5.74) is 6.04. The fraction of sp³-hybridized carbons (Fsp3) is 0.0667. The topological polar surface area (TPSA) is 88.0 Å². The Labute approximate surface area is 126 Å². The van der Waals surface area contributed by atoms with Crippen molar-refractivity contribution in [1.29, 1.82) is 0 Å². The molecule has 6 heteroatoms. The predicted octanol–water partition coefficient (Wildman–Crippen LogP) is 1.59. The molecule has 106 valence electrons. The molecule has 0 saturated carbocycles. The van der Waals surface area contributed by atoms with E-state index in [1.165, 1.54) is 18.5 Å². The van der Waals surface area contributed by atoms with Gasteiger partial charge in [0.15, 0.2) is 5.43 Å². The average molecular weight is 302 g/mol. The molecule has 0 radical (unpaired) electrons. The maximum Gasteiger partial charge on any atom is 0.261 e. The van der Waals surface area contributed by atoms with E-state index in [2.05, 4.69) is 22.1 Å². The Bertz CT molecular complexity index is 787. The van der Waals surface area contributed by atoms with Crippen molar-refractivity contribution in [2.45, 2.75) is 0 Å². The number of anilines is 1. The van der Waals surface area contributed by atoms with E-state index in [1.807, 2.05) is 0 Å². The number of carbonyl (C=O) groups excluding carboxylic acids is 1. The number of nitrogens with two attached hydrogens (primary N) is 1. The second-order valence-electron chi connectivity index (χ2n) is 4.08. The van der Waals surface area contributed by atoms with E-state index < -0.39 is 5.91 Å². The smallest absolute Gasteiger partial charge is 0.261 e. The van der Waals surface area contributed by atoms with Gasteiger partial charge in [0.2, 0.25) is 0 Å². The standard InChI is InChI=1S/C15H12ClN3O2/c16-13-4-3-11(8-10(13)2-1-6-17)19-15(21)12-9-18-7-5-14(12)20/h3-5,7-9H,6,17H2,(H,18,20)(H,19,21). The first-order valence-corrected chi connectivity index (χ1v) is 6.46. The summed E-state index contributed by atoms with van der Waals surface area (Å²) in [5.74, 6) is 5.00. The number of nitrogens with one attached hydrogen (secondary N) is 2. The second kappa shape index (κ2) is 6.75. The summed E-state index contributed by atoms with van der Waals surface area (Å²) in [4.78, 5) is 26.3. The number of benzene rings is 1. The number of aromatic nitrogens is 1. The molecular formula is C15H12ClN3O2. The lowest BCUT2D eigenvalue weighted by Gasteiger charge is -2.06. The summed E-state index contributed by atoms with van der Waals surface area (Å²) in [6, 6.07) is 6.16. The largest absolute Gasteiger partial charge is 0.367 e. The highest BCUT2D eigenvalue weighted by atomic mass is 35.5. The first-order chi connectivity index (χ1) is 10.1. The highest BCUT2D eigenvalue weighted by Gasteiger charge is 2.10. The predicted molar refractivity (Wildman–Crippen MR) is 82.4 cm³/mol. The molecule has 2 rings (SSSR count). The van der Waals surface area contributed by atoms with E-state index in [-0.39, 0.29) is 17.5 Å². The first kappa shape index (κ1) is 14.9. The van der Waals surface area contributed by atoms with Gasteiger partial charge in [-0.15, -0.1) is 0 Å². The number of hydrogen-bond acceptors (Lipinski definition) is 3. The van der Waals surface area contributed by atoms with Crippen LogP contribution in [0.1, 0.15) is 15.9 Å². The molecule has 0 aliphatic heterocycles. The highest BCUT2D eigenvalue weighted by molar-refractivity contribution is 6.31. The van der Waals surface area contributed by atoms with Crippen LogP contribution in [-0.4, -0.2) is 17.4 Å². The number of aromatic amines is 1. The van der Waals surface area contributed by atoms with Crippen LogP contribution in [0, 0.1) is 11.8 Å². The number of pyridine rings is 1. The quantitative estimate of drug-likeness (QED) is 0.736. The lowest BCUT2D eigenvalue weighted by molar-refractivity contribution is 0.102. The fourth-order valence-corrected chi connectivity index (χ4v) is 1.80. The van der Waals surface area contributed by atoms with Gasteiger partial charge < -0.3 is 16.0 Å². The lowest BCUT2D eigenvalue weighted by atomic mass is 10.2. The van der Waals surface area contributed by atoms with Gasteiger partial charge in [0.1, 0.15) is 5.56 Å². The van der Waals surface area contributed by atoms with Gasteiger partial charge in [0.05, 0.1) is 11.6 Å². The van der Waals surface area contributed by atoms with Crippen LogP contribution in [0.15, 0.2) is 41.5 Å². The summed E-state index contributed by atoms with van der Waals surface area (Å²) >= 11 is 6.00. The lowest BCUT2D eigenvalue weighted by Crippen LogP contribution is -2.20. The van der Waals surface area contributed by atoms with E-state index in [0.29, 0.717) is 16.3 Å². The maximum atomic E-state index is 12.0. The van der Waals surface area contributed by atoms with Gasteiger partial charge in [-0.2, -0.15) is 0 Å². The van der Waals surface area contributed by atoms with E-state index in [0.717, 1.165) is 0 Å². The number of rotatable bonds is 2. The zero-order valence-electron chi connectivity index (χ0n) is 10.9. The van der Waals surface area contributed by atoms with Crippen LogP contribution >= 0.6 is 11.6 Å². The maximum absolute atomic E-state index is 12.0. The van der Waals surface area contributed by atoms with Gasteiger partial charge in [-0.1, -0.05) is 23.4 Å². The van der Waals surface area contributed by atoms with Crippen LogP contribution in [0.25, 0.3) is 0 Å². The number of hydrogen-bond donors (Lipinski definition) is 3. The fourth-order valence-electron chi connectivity index (χ4n) is 1.64. The Balaban J connectivity index is 2.26. The third-order valence-corrected chi connectivity index (χ3v) is 2.95. The Morgan fingerprint density at radius 1 is 1.38 bits per heavy atom. The van der Waals surface area contributed by atoms with Crippen molar-refractivity contribution in [3.63, 3.8) is 0 Å². The molecule has 1 amide bonds. The molecule has 0 aliphatic carbocycles. The minimum atomic E-state index is -0.503. The molecule has 4 N–H and O–H groups in total. The van der Waals surface area contributed by atoms with Gasteiger partial charge in [0, 0.05) is 29.7 Å². The third-order valence-electron chi connectivity index (χ3n) is 2.62. The molecule has 0 bridgehead atoms. The summed E-state index contributed by atoms with van der Waals surface area (Å²) in [6.45, 7) is 0.215. The van der Waals surface area contributed by atoms with Crippen molar-refractivity contribution < 1.29 is 4.79 Å². The Hall–Kier alpha value is -2.55. The van der Waals surface area contributed by atoms with Gasteiger partial charge in [-0.25, -0.2) is 0 Å². The van der Waals surface area contributed by atoms with Crippen LogP contribution < -0.4 is 16.5 Å². The molecule has 0 aliphatic rings. The number of halogens is 1. The van der Waals surface area contributed by atoms with Crippen LogP contribution in [0.2, 0.25) is 5.02 Å². The normalized spacial score (nSPS) is 9.62. The molecule has 21 heavy (non-hydrogen) atoms. The molecule has 2 aromatic rings. The summed E-state index contributed by atoms with van der Waals surface area (Å²) in [5, 5.41) is 3.09. The van der Waals surface area contributed by atoms with Crippen LogP contribution in [0.4, 0.5) is 5.69 Å². The molecule has 0 fully saturated rings. The van der Waals surface area contributed by atoms with E-state index in [1.54, 1.807) is 18.2 Å². The molecule has 0 unspecified atom stereocenters. The van der Waals surface area contributed by atoms with Crippen molar-refractivity contribution in [3.8, 4) is 11.8 Å². The minimum Gasteiger partial charge on any atom is -0.367 e. The molecule has 0 atom stereocenters. The van der Waals surface area contributed by atoms with Gasteiger partial charge >= 0.3 is 0 Å². The van der Waals surface area contributed by atoms with Gasteiger partial charge in [-0.05, 0) is 18.2 Å². The minimum absolute atomic E-state index is 0.0297. The summed E-state index contributed by atoms with van der Waals surface area (Å²) < 4.78 is 0. The van der Waals surface area contributed by atoms with Crippen molar-refractivity contribution >= 4 is 23.2 Å². The molecule has 0 saturated heterocycles. The number of amides is 1. The SMILES string of the molecule is NCC#Cc1cc(NC(=O)c2c[nH]ccc2=O)ccc1Cl. The average Bonchev–Trinajstić information content (AvgIpc) is 2.48. The third kappa shape index (κ3) is 3.72. The Morgan fingerprint density at radius 3 is 2.90 bits per heavy atom. The van der Waals surface area contributed by atoms with Crippen LogP contribution in [0.3, 0.4) is 0 Å². The molecule has 5 nitrogen and oxygen atoms in total. The monoisotopic (exact) mass is 301 g/mol. The van der Waals surface area contributed by atoms with E-state index in [4.69, 9.17) is 17.3 Å². The van der Waals surface area contributed by atoms with Crippen molar-refractivity contribution in [2.75, 3.05) is 11.9 Å². The molecule has 1 aromatic heterocycles. The van der Waals surface area contributed by atoms with Gasteiger partial charge in [0.25, 0.3) is 5.91 Å². The second-order valence-corrected chi connectivity index (χ2v) is 4.48. The number of H-pyrrole nitrogens is 1. The Morgan fingerprint density at radius 2 is 2.19 bits per heavy atom. The highest BCUT2D eigenvalue weighted by Crippen LogP contribution is 2.20. The summed E-state index contributed by atoms with van der Waals surface area (Å²) in [7, 11) is 0.